The van der Waals surface area contributed by atoms with Crippen LogP contribution in [0.15, 0.2) is 59.2 Å². The minimum absolute atomic E-state index is 0.107. The molecule has 4 rings (SSSR count). The zero-order valence-corrected chi connectivity index (χ0v) is 14.1. The summed E-state index contributed by atoms with van der Waals surface area (Å²) < 4.78 is 5.15. The van der Waals surface area contributed by atoms with E-state index in [1.807, 2.05) is 30.3 Å². The maximum Gasteiger partial charge on any atom is 0.289 e. The van der Waals surface area contributed by atoms with Crippen LogP contribution in [-0.4, -0.2) is 58.0 Å². The molecule has 1 aliphatic rings. The van der Waals surface area contributed by atoms with Crippen LogP contribution in [0.25, 0.3) is 11.3 Å². The number of carbonyl (C=O) groups is 2. The van der Waals surface area contributed by atoms with Crippen molar-refractivity contribution in [2.75, 3.05) is 26.2 Å². The number of aromatic amines is 1. The van der Waals surface area contributed by atoms with Crippen molar-refractivity contribution in [2.45, 2.75) is 0 Å². The number of piperazine rings is 1. The molecule has 0 bridgehead atoms. The topological polar surface area (TPSA) is 82.4 Å². The summed E-state index contributed by atoms with van der Waals surface area (Å²) >= 11 is 0. The Balaban J connectivity index is 1.40. The fourth-order valence-corrected chi connectivity index (χ4v) is 3.03. The minimum atomic E-state index is -0.144. The van der Waals surface area contributed by atoms with Crippen molar-refractivity contribution in [3.05, 3.63) is 66.2 Å². The summed E-state index contributed by atoms with van der Waals surface area (Å²) in [6.45, 7) is 1.91. The number of hydrogen-bond donors (Lipinski definition) is 1. The van der Waals surface area contributed by atoms with E-state index in [-0.39, 0.29) is 11.8 Å². The fourth-order valence-electron chi connectivity index (χ4n) is 3.03. The third-order valence-corrected chi connectivity index (χ3v) is 4.46. The second-order valence-corrected chi connectivity index (χ2v) is 6.09. The van der Waals surface area contributed by atoms with E-state index in [0.29, 0.717) is 37.6 Å². The van der Waals surface area contributed by atoms with Crippen LogP contribution >= 0.6 is 0 Å². The van der Waals surface area contributed by atoms with Crippen LogP contribution in [0.3, 0.4) is 0 Å². The van der Waals surface area contributed by atoms with Crippen molar-refractivity contribution in [3.8, 4) is 11.3 Å². The molecule has 0 unspecified atom stereocenters. The molecule has 3 heterocycles. The number of benzene rings is 1. The highest BCUT2D eigenvalue weighted by atomic mass is 16.3. The number of H-pyrrole nitrogens is 1. The van der Waals surface area contributed by atoms with Gasteiger partial charge in [-0.05, 0) is 18.2 Å². The summed E-state index contributed by atoms with van der Waals surface area (Å²) in [4.78, 5) is 28.4. The number of amides is 2. The van der Waals surface area contributed by atoms with Gasteiger partial charge in [0.1, 0.15) is 5.69 Å². The van der Waals surface area contributed by atoms with Crippen LogP contribution in [0.5, 0.6) is 0 Å². The van der Waals surface area contributed by atoms with E-state index in [1.165, 1.54) is 6.26 Å². The van der Waals surface area contributed by atoms with Gasteiger partial charge in [-0.1, -0.05) is 30.3 Å². The lowest BCUT2D eigenvalue weighted by atomic mass is 10.1. The first-order valence-corrected chi connectivity index (χ1v) is 8.45. The Bertz CT molecular complexity index is 894. The number of aromatic nitrogens is 2. The fraction of sp³-hybridized carbons (Fsp3) is 0.211. The molecule has 0 spiro atoms. The summed E-state index contributed by atoms with van der Waals surface area (Å²) in [6.07, 6.45) is 1.48. The third kappa shape index (κ3) is 3.11. The molecular weight excluding hydrogens is 332 g/mol. The lowest BCUT2D eigenvalue weighted by molar-refractivity contribution is 0.0515. The van der Waals surface area contributed by atoms with Gasteiger partial charge in [-0.3, -0.25) is 14.7 Å². The highest BCUT2D eigenvalue weighted by Crippen LogP contribution is 2.18. The van der Waals surface area contributed by atoms with Gasteiger partial charge >= 0.3 is 0 Å². The number of rotatable bonds is 3. The Morgan fingerprint density at radius 3 is 2.27 bits per heavy atom. The van der Waals surface area contributed by atoms with Crippen LogP contribution < -0.4 is 0 Å². The Morgan fingerprint density at radius 1 is 0.923 bits per heavy atom. The molecule has 1 N–H and O–H groups in total. The van der Waals surface area contributed by atoms with E-state index in [0.717, 1.165) is 11.3 Å². The number of hydrogen-bond acceptors (Lipinski definition) is 4. The smallest absolute Gasteiger partial charge is 0.289 e. The molecule has 2 aromatic heterocycles. The molecule has 7 nitrogen and oxygen atoms in total. The first-order chi connectivity index (χ1) is 12.7. The molecule has 1 aromatic carbocycles. The normalized spacial score (nSPS) is 14.5. The molecule has 1 fully saturated rings. The van der Waals surface area contributed by atoms with Crippen LogP contribution in [-0.2, 0) is 0 Å². The highest BCUT2D eigenvalue weighted by Gasteiger charge is 2.27. The van der Waals surface area contributed by atoms with Crippen molar-refractivity contribution in [2.24, 2.45) is 0 Å². The van der Waals surface area contributed by atoms with E-state index < -0.39 is 0 Å². The van der Waals surface area contributed by atoms with E-state index >= 15 is 0 Å². The van der Waals surface area contributed by atoms with E-state index in [2.05, 4.69) is 10.2 Å². The summed E-state index contributed by atoms with van der Waals surface area (Å²) in [5.41, 5.74) is 2.15. The average Bonchev–Trinajstić information content (AvgIpc) is 3.40. The molecule has 3 aromatic rings. The zero-order valence-electron chi connectivity index (χ0n) is 14.1. The molecule has 0 saturated carbocycles. The Kier molecular flexibility index (Phi) is 4.27. The quantitative estimate of drug-likeness (QED) is 0.785. The molecule has 132 valence electrons. The molecule has 0 atom stereocenters. The number of carbonyl (C=O) groups excluding carboxylic acids is 2. The van der Waals surface area contributed by atoms with Gasteiger partial charge in [-0.2, -0.15) is 5.10 Å². The van der Waals surface area contributed by atoms with E-state index in [9.17, 15) is 9.59 Å². The molecule has 0 aliphatic carbocycles. The first-order valence-electron chi connectivity index (χ1n) is 8.45. The third-order valence-electron chi connectivity index (χ3n) is 4.46. The molecule has 1 aliphatic heterocycles. The predicted octanol–water partition coefficient (Wildman–Crippen LogP) is 2.27. The standard InChI is InChI=1S/C19H18N4O3/c24-18(16-13-15(20-21-16)14-5-2-1-3-6-14)22-8-10-23(11-9-22)19(25)17-7-4-12-26-17/h1-7,12-13H,8-11H2,(H,20,21). The zero-order chi connectivity index (χ0) is 17.9. The van der Waals surface area contributed by atoms with Crippen molar-refractivity contribution in [1.29, 1.82) is 0 Å². The van der Waals surface area contributed by atoms with Gasteiger partial charge in [-0.15, -0.1) is 0 Å². The van der Waals surface area contributed by atoms with Crippen molar-refractivity contribution < 1.29 is 14.0 Å². The van der Waals surface area contributed by atoms with Gasteiger partial charge < -0.3 is 14.2 Å². The maximum absolute atomic E-state index is 12.7. The monoisotopic (exact) mass is 350 g/mol. The van der Waals surface area contributed by atoms with Crippen molar-refractivity contribution >= 4 is 11.8 Å². The SMILES string of the molecule is O=C(c1cc(-c2ccccc2)n[nH]1)N1CCN(C(=O)c2ccco2)CC1. The van der Waals surface area contributed by atoms with Crippen LogP contribution in [0.1, 0.15) is 21.0 Å². The lowest BCUT2D eigenvalue weighted by Crippen LogP contribution is -2.50. The minimum Gasteiger partial charge on any atom is -0.459 e. The van der Waals surface area contributed by atoms with Crippen LogP contribution in [0, 0.1) is 0 Å². The molecule has 0 radical (unpaired) electrons. The largest absolute Gasteiger partial charge is 0.459 e. The van der Waals surface area contributed by atoms with E-state index in [4.69, 9.17) is 4.42 Å². The Labute approximate surface area is 150 Å². The van der Waals surface area contributed by atoms with Crippen molar-refractivity contribution in [1.82, 2.24) is 20.0 Å². The second-order valence-electron chi connectivity index (χ2n) is 6.09. The van der Waals surface area contributed by atoms with Gasteiger partial charge in [0.2, 0.25) is 0 Å². The summed E-state index contributed by atoms with van der Waals surface area (Å²) in [5.74, 6) is 0.0747. The second kappa shape index (κ2) is 6.87. The number of furan rings is 1. The van der Waals surface area contributed by atoms with Gasteiger partial charge in [0.25, 0.3) is 11.8 Å². The summed E-state index contributed by atoms with van der Waals surface area (Å²) in [6, 6.07) is 14.8. The van der Waals surface area contributed by atoms with E-state index in [1.54, 1.807) is 28.0 Å². The molecule has 7 heteroatoms. The molecular formula is C19H18N4O3. The molecule has 26 heavy (non-hydrogen) atoms. The van der Waals surface area contributed by atoms with Gasteiger partial charge in [0, 0.05) is 31.7 Å². The highest BCUT2D eigenvalue weighted by molar-refractivity contribution is 5.94. The van der Waals surface area contributed by atoms with Gasteiger partial charge in [0.05, 0.1) is 12.0 Å². The van der Waals surface area contributed by atoms with Crippen LogP contribution in [0.2, 0.25) is 0 Å². The number of nitrogens with zero attached hydrogens (tertiary/aromatic N) is 3. The lowest BCUT2D eigenvalue weighted by Gasteiger charge is -2.34. The molecule has 2 amide bonds. The summed E-state index contributed by atoms with van der Waals surface area (Å²) in [7, 11) is 0. The van der Waals surface area contributed by atoms with Crippen LogP contribution in [0.4, 0.5) is 0 Å². The van der Waals surface area contributed by atoms with Crippen molar-refractivity contribution in [3.63, 3.8) is 0 Å². The predicted molar refractivity (Wildman–Crippen MR) is 94.5 cm³/mol. The maximum atomic E-state index is 12.7. The number of nitrogens with one attached hydrogen (secondary N) is 1. The first kappa shape index (κ1) is 16.1. The molecule has 1 saturated heterocycles. The van der Waals surface area contributed by atoms with Gasteiger partial charge in [0.15, 0.2) is 5.76 Å². The van der Waals surface area contributed by atoms with Gasteiger partial charge in [-0.25, -0.2) is 0 Å². The Morgan fingerprint density at radius 2 is 1.62 bits per heavy atom. The summed E-state index contributed by atoms with van der Waals surface area (Å²) in [5, 5.41) is 7.05. The average molecular weight is 350 g/mol. The Hall–Kier alpha value is -3.35.